The van der Waals surface area contributed by atoms with Gasteiger partial charge in [-0.3, -0.25) is 19.3 Å². The molecule has 0 saturated heterocycles. The molecule has 5 aromatic rings. The van der Waals surface area contributed by atoms with Crippen LogP contribution in [0.5, 0.6) is 0 Å². The Labute approximate surface area is 176 Å². The number of hydrogen-bond acceptors (Lipinski definition) is 3. The van der Waals surface area contributed by atoms with Crippen LogP contribution in [-0.2, 0) is 6.42 Å². The predicted molar refractivity (Wildman–Crippen MR) is 117 cm³/mol. The summed E-state index contributed by atoms with van der Waals surface area (Å²) in [5, 5.41) is 1.60. The van der Waals surface area contributed by atoms with Gasteiger partial charge in [-0.05, 0) is 54.1 Å². The molecular weight excluding hydrogens is 401 g/mol. The minimum Gasteiger partial charge on any atom is -0.276 e. The maximum Gasteiger partial charge on any atom is 0.255 e. The number of aromatic nitrogens is 3. The molecule has 3 heterocycles. The summed E-state index contributed by atoms with van der Waals surface area (Å²) in [7, 11) is 0. The van der Waals surface area contributed by atoms with Gasteiger partial charge < -0.3 is 0 Å². The standard InChI is InChI=1S/C24H15ClFN3O/c25-20-13-18(6-7-21(20)26)29-23(30)9-5-16-14-28-22-8-4-15(12-19(22)24(16)29)11-17-3-1-2-10-27-17/h1-10,12-14H,11H2. The molecule has 30 heavy (non-hydrogen) atoms. The Kier molecular flexibility index (Phi) is 4.52. The van der Waals surface area contributed by atoms with Gasteiger partial charge in [0.05, 0.1) is 21.7 Å². The van der Waals surface area contributed by atoms with Crippen molar-refractivity contribution in [2.24, 2.45) is 0 Å². The lowest BCUT2D eigenvalue weighted by Crippen LogP contribution is -2.17. The summed E-state index contributed by atoms with van der Waals surface area (Å²) in [4.78, 5) is 21.8. The SMILES string of the molecule is O=c1ccc2cnc3ccc(Cc4ccccn4)cc3c2n1-c1ccc(F)c(Cl)c1. The number of fused-ring (bicyclic) bond motifs is 3. The molecule has 0 radical (unpaired) electrons. The highest BCUT2D eigenvalue weighted by molar-refractivity contribution is 6.30. The lowest BCUT2D eigenvalue weighted by molar-refractivity contribution is 0.628. The van der Waals surface area contributed by atoms with Crippen LogP contribution >= 0.6 is 11.6 Å². The summed E-state index contributed by atoms with van der Waals surface area (Å²) in [5.74, 6) is -0.530. The Morgan fingerprint density at radius 2 is 1.87 bits per heavy atom. The summed E-state index contributed by atoms with van der Waals surface area (Å²) in [6, 6.07) is 19.3. The van der Waals surface area contributed by atoms with E-state index in [4.69, 9.17) is 11.6 Å². The Balaban J connectivity index is 1.79. The summed E-state index contributed by atoms with van der Waals surface area (Å²) < 4.78 is 15.3. The van der Waals surface area contributed by atoms with E-state index in [-0.39, 0.29) is 10.6 Å². The van der Waals surface area contributed by atoms with Gasteiger partial charge in [0, 0.05) is 41.3 Å². The van der Waals surface area contributed by atoms with Crippen molar-refractivity contribution >= 4 is 33.4 Å². The molecule has 0 spiro atoms. The van der Waals surface area contributed by atoms with Gasteiger partial charge in [-0.25, -0.2) is 4.39 Å². The molecule has 0 amide bonds. The maximum absolute atomic E-state index is 13.7. The van der Waals surface area contributed by atoms with E-state index in [9.17, 15) is 9.18 Å². The fraction of sp³-hybridized carbons (Fsp3) is 0.0417. The van der Waals surface area contributed by atoms with Crippen molar-refractivity contribution < 1.29 is 4.39 Å². The Hall–Kier alpha value is -3.57. The van der Waals surface area contributed by atoms with Crippen molar-refractivity contribution in [1.82, 2.24) is 14.5 Å². The van der Waals surface area contributed by atoms with Gasteiger partial charge in [-0.2, -0.15) is 0 Å². The highest BCUT2D eigenvalue weighted by Crippen LogP contribution is 2.27. The first-order chi connectivity index (χ1) is 14.6. The van der Waals surface area contributed by atoms with Crippen molar-refractivity contribution in [3.63, 3.8) is 0 Å². The van der Waals surface area contributed by atoms with Gasteiger partial charge in [0.25, 0.3) is 5.56 Å². The third-order valence-corrected chi connectivity index (χ3v) is 5.34. The average Bonchev–Trinajstić information content (AvgIpc) is 2.76. The van der Waals surface area contributed by atoms with E-state index < -0.39 is 5.82 Å². The zero-order valence-electron chi connectivity index (χ0n) is 15.7. The van der Waals surface area contributed by atoms with E-state index in [1.54, 1.807) is 29.1 Å². The monoisotopic (exact) mass is 415 g/mol. The van der Waals surface area contributed by atoms with Gasteiger partial charge in [0.15, 0.2) is 0 Å². The molecular formula is C24H15ClFN3O. The van der Waals surface area contributed by atoms with E-state index in [1.807, 2.05) is 36.4 Å². The third-order valence-electron chi connectivity index (χ3n) is 5.05. The van der Waals surface area contributed by atoms with Crippen LogP contribution in [0.1, 0.15) is 11.3 Å². The molecule has 0 N–H and O–H groups in total. The van der Waals surface area contributed by atoms with Crippen molar-refractivity contribution in [2.75, 3.05) is 0 Å². The van der Waals surface area contributed by atoms with Crippen LogP contribution in [0.3, 0.4) is 0 Å². The fourth-order valence-corrected chi connectivity index (χ4v) is 3.84. The fourth-order valence-electron chi connectivity index (χ4n) is 3.66. The maximum atomic E-state index is 13.7. The minimum absolute atomic E-state index is 0.0365. The van der Waals surface area contributed by atoms with Crippen molar-refractivity contribution in [3.8, 4) is 5.69 Å². The van der Waals surface area contributed by atoms with Gasteiger partial charge in [0.2, 0.25) is 0 Å². The molecule has 3 aromatic heterocycles. The second-order valence-electron chi connectivity index (χ2n) is 7.02. The third kappa shape index (κ3) is 3.23. The highest BCUT2D eigenvalue weighted by Gasteiger charge is 2.12. The summed E-state index contributed by atoms with van der Waals surface area (Å²) in [6.07, 6.45) is 4.16. The van der Waals surface area contributed by atoms with E-state index in [0.29, 0.717) is 17.6 Å². The molecule has 0 fully saturated rings. The molecule has 0 unspecified atom stereocenters. The molecule has 4 nitrogen and oxygen atoms in total. The minimum atomic E-state index is -0.530. The average molecular weight is 416 g/mol. The molecule has 0 aliphatic heterocycles. The van der Waals surface area contributed by atoms with Crippen molar-refractivity contribution in [2.45, 2.75) is 6.42 Å². The van der Waals surface area contributed by atoms with E-state index in [0.717, 1.165) is 27.5 Å². The molecule has 2 aromatic carbocycles. The highest BCUT2D eigenvalue weighted by atomic mass is 35.5. The topological polar surface area (TPSA) is 47.8 Å². The van der Waals surface area contributed by atoms with Crippen LogP contribution in [-0.4, -0.2) is 14.5 Å². The van der Waals surface area contributed by atoms with Gasteiger partial charge >= 0.3 is 0 Å². The van der Waals surface area contributed by atoms with Crippen LogP contribution < -0.4 is 5.56 Å². The summed E-state index contributed by atoms with van der Waals surface area (Å²) in [5.41, 5.74) is 3.74. The number of hydrogen-bond donors (Lipinski definition) is 0. The Morgan fingerprint density at radius 1 is 0.967 bits per heavy atom. The number of nitrogens with zero attached hydrogens (tertiary/aromatic N) is 3. The van der Waals surface area contributed by atoms with Crippen molar-refractivity contribution in [3.05, 3.63) is 112 Å². The predicted octanol–water partition coefficient (Wildman–Crippen LogP) is 5.32. The van der Waals surface area contributed by atoms with Crippen LogP contribution in [0, 0.1) is 5.82 Å². The Bertz CT molecular complexity index is 1460. The van der Waals surface area contributed by atoms with Gasteiger partial charge in [-0.15, -0.1) is 0 Å². The van der Waals surface area contributed by atoms with Crippen LogP contribution in [0.2, 0.25) is 5.02 Å². The number of benzene rings is 2. The van der Waals surface area contributed by atoms with Gasteiger partial charge in [-0.1, -0.05) is 23.7 Å². The summed E-state index contributed by atoms with van der Waals surface area (Å²) >= 11 is 5.99. The second-order valence-corrected chi connectivity index (χ2v) is 7.42. The molecule has 0 aliphatic carbocycles. The normalized spacial score (nSPS) is 11.3. The molecule has 0 aliphatic rings. The summed E-state index contributed by atoms with van der Waals surface area (Å²) in [6.45, 7) is 0. The first kappa shape index (κ1) is 18.5. The first-order valence-corrected chi connectivity index (χ1v) is 9.77. The molecule has 5 rings (SSSR count). The number of rotatable bonds is 3. The molecule has 146 valence electrons. The van der Waals surface area contributed by atoms with Crippen LogP contribution in [0.25, 0.3) is 27.5 Å². The van der Waals surface area contributed by atoms with Crippen LogP contribution in [0.15, 0.2) is 83.9 Å². The quantitative estimate of drug-likeness (QED) is 0.375. The van der Waals surface area contributed by atoms with E-state index in [2.05, 4.69) is 9.97 Å². The molecule has 0 saturated carbocycles. The largest absolute Gasteiger partial charge is 0.276 e. The van der Waals surface area contributed by atoms with E-state index in [1.165, 1.54) is 18.2 Å². The smallest absolute Gasteiger partial charge is 0.255 e. The number of halogens is 2. The van der Waals surface area contributed by atoms with Crippen molar-refractivity contribution in [1.29, 1.82) is 0 Å². The lowest BCUT2D eigenvalue weighted by Gasteiger charge is -2.13. The van der Waals surface area contributed by atoms with E-state index >= 15 is 0 Å². The zero-order chi connectivity index (χ0) is 20.7. The zero-order valence-corrected chi connectivity index (χ0v) is 16.5. The molecule has 0 bridgehead atoms. The second kappa shape index (κ2) is 7.35. The first-order valence-electron chi connectivity index (χ1n) is 9.39. The van der Waals surface area contributed by atoms with Gasteiger partial charge in [0.1, 0.15) is 5.82 Å². The number of pyridine rings is 3. The lowest BCUT2D eigenvalue weighted by atomic mass is 10.0. The Morgan fingerprint density at radius 3 is 2.67 bits per heavy atom. The molecule has 0 atom stereocenters. The van der Waals surface area contributed by atoms with Crippen LogP contribution in [0.4, 0.5) is 4.39 Å². The molecule has 6 heteroatoms.